The number of nitrogens with one attached hydrogen (secondary N) is 1. The van der Waals surface area contributed by atoms with Crippen LogP contribution in [0.3, 0.4) is 0 Å². The normalized spacial score (nSPS) is 17.3. The van der Waals surface area contributed by atoms with E-state index >= 15 is 0 Å². The van der Waals surface area contributed by atoms with Crippen molar-refractivity contribution < 1.29 is 9.53 Å². The van der Waals surface area contributed by atoms with Crippen LogP contribution in [0.4, 0.5) is 5.82 Å². The fraction of sp³-hybridized carbons (Fsp3) is 0.333. The summed E-state index contributed by atoms with van der Waals surface area (Å²) in [5, 5.41) is 3.02. The van der Waals surface area contributed by atoms with Crippen molar-refractivity contribution in [3.8, 4) is 5.88 Å². The van der Waals surface area contributed by atoms with Crippen LogP contribution in [0, 0.1) is 0 Å². The number of hydrogen-bond donors (Lipinski definition) is 1. The van der Waals surface area contributed by atoms with Gasteiger partial charge in [0.2, 0.25) is 0 Å². The number of pyridine rings is 1. The van der Waals surface area contributed by atoms with E-state index in [1.165, 1.54) is 0 Å². The summed E-state index contributed by atoms with van der Waals surface area (Å²) in [7, 11) is 1.57. The first-order valence-electron chi connectivity index (χ1n) is 7.09. The van der Waals surface area contributed by atoms with Gasteiger partial charge in [0.25, 0.3) is 11.8 Å². The van der Waals surface area contributed by atoms with Gasteiger partial charge in [0.15, 0.2) is 5.82 Å². The van der Waals surface area contributed by atoms with Crippen LogP contribution in [-0.4, -0.2) is 47.1 Å². The van der Waals surface area contributed by atoms with E-state index in [2.05, 4.69) is 25.2 Å². The largest absolute Gasteiger partial charge is 0.478 e. The topological polar surface area (TPSA) is 80.2 Å². The quantitative estimate of drug-likeness (QED) is 0.903. The molecule has 0 spiro atoms. The van der Waals surface area contributed by atoms with Crippen LogP contribution in [-0.2, 0) is 0 Å². The summed E-state index contributed by atoms with van der Waals surface area (Å²) in [6.07, 6.45) is 7.30. The molecule has 2 aromatic rings. The van der Waals surface area contributed by atoms with E-state index in [9.17, 15) is 4.79 Å². The molecule has 1 aliphatic heterocycles. The van der Waals surface area contributed by atoms with E-state index < -0.39 is 0 Å². The average Bonchev–Trinajstić information content (AvgIpc) is 3.04. The molecule has 0 bridgehead atoms. The number of aromatic nitrogens is 3. The lowest BCUT2D eigenvalue weighted by molar-refractivity contribution is 0.0940. The van der Waals surface area contributed by atoms with Crippen molar-refractivity contribution in [2.75, 3.05) is 25.1 Å². The molecule has 1 atom stereocenters. The molecule has 3 heterocycles. The SMILES string of the molecule is COc1nccnc1N1CC[C@@H](NC(=O)c2cccnc2)C1. The molecule has 3 rings (SSSR count). The van der Waals surface area contributed by atoms with Crippen molar-refractivity contribution >= 4 is 11.7 Å². The van der Waals surface area contributed by atoms with Crippen LogP contribution >= 0.6 is 0 Å². The molecule has 0 aliphatic carbocycles. The van der Waals surface area contributed by atoms with Gasteiger partial charge < -0.3 is 15.0 Å². The molecule has 0 unspecified atom stereocenters. The molecule has 1 fully saturated rings. The zero-order chi connectivity index (χ0) is 15.4. The second kappa shape index (κ2) is 6.38. The van der Waals surface area contributed by atoms with Gasteiger partial charge in [-0.1, -0.05) is 0 Å². The van der Waals surface area contributed by atoms with E-state index in [0.29, 0.717) is 23.8 Å². The minimum absolute atomic E-state index is 0.0689. The number of methoxy groups -OCH3 is 1. The molecular weight excluding hydrogens is 282 g/mol. The maximum Gasteiger partial charge on any atom is 0.257 e. The molecular formula is C15H17N5O2. The minimum Gasteiger partial charge on any atom is -0.478 e. The van der Waals surface area contributed by atoms with Gasteiger partial charge in [0, 0.05) is 43.9 Å². The van der Waals surface area contributed by atoms with Crippen LogP contribution < -0.4 is 15.0 Å². The highest BCUT2D eigenvalue weighted by Gasteiger charge is 2.27. The van der Waals surface area contributed by atoms with Gasteiger partial charge in [0.1, 0.15) is 0 Å². The number of carbonyl (C=O) groups is 1. The third-order valence-electron chi connectivity index (χ3n) is 3.59. The molecule has 7 nitrogen and oxygen atoms in total. The Morgan fingerprint density at radius 3 is 3.00 bits per heavy atom. The minimum atomic E-state index is -0.105. The first kappa shape index (κ1) is 14.2. The lowest BCUT2D eigenvalue weighted by Gasteiger charge is -2.19. The predicted molar refractivity (Wildman–Crippen MR) is 80.9 cm³/mol. The standard InChI is InChI=1S/C15H17N5O2/c1-22-15-13(17-6-7-18-15)20-8-4-12(10-20)19-14(21)11-3-2-5-16-9-11/h2-3,5-7,9,12H,4,8,10H2,1H3,(H,19,21)/t12-/m1/s1. The molecule has 0 aromatic carbocycles. The Balaban J connectivity index is 1.64. The number of anilines is 1. The predicted octanol–water partition coefficient (Wildman–Crippen LogP) is 0.889. The number of carbonyl (C=O) groups excluding carboxylic acids is 1. The molecule has 1 amide bonds. The molecule has 0 saturated carbocycles. The summed E-state index contributed by atoms with van der Waals surface area (Å²) in [6.45, 7) is 1.48. The molecule has 1 N–H and O–H groups in total. The van der Waals surface area contributed by atoms with E-state index in [1.807, 2.05) is 0 Å². The summed E-state index contributed by atoms with van der Waals surface area (Å²) >= 11 is 0. The Bertz CT molecular complexity index is 649. The zero-order valence-corrected chi connectivity index (χ0v) is 12.3. The third-order valence-corrected chi connectivity index (χ3v) is 3.59. The Morgan fingerprint density at radius 2 is 2.23 bits per heavy atom. The summed E-state index contributed by atoms with van der Waals surface area (Å²) in [4.78, 5) is 26.6. The van der Waals surface area contributed by atoms with Gasteiger partial charge in [-0.25, -0.2) is 9.97 Å². The van der Waals surface area contributed by atoms with Crippen molar-refractivity contribution in [3.05, 3.63) is 42.5 Å². The molecule has 1 saturated heterocycles. The summed E-state index contributed by atoms with van der Waals surface area (Å²) in [6, 6.07) is 3.57. The number of hydrogen-bond acceptors (Lipinski definition) is 6. The Labute approximate surface area is 128 Å². The van der Waals surface area contributed by atoms with E-state index in [1.54, 1.807) is 44.0 Å². The van der Waals surface area contributed by atoms with Crippen LogP contribution in [0.1, 0.15) is 16.8 Å². The lowest BCUT2D eigenvalue weighted by atomic mass is 10.2. The summed E-state index contributed by atoms with van der Waals surface area (Å²) in [5.74, 6) is 1.11. The molecule has 22 heavy (non-hydrogen) atoms. The number of amides is 1. The second-order valence-electron chi connectivity index (χ2n) is 5.04. The Kier molecular flexibility index (Phi) is 4.13. The monoisotopic (exact) mass is 299 g/mol. The van der Waals surface area contributed by atoms with Gasteiger partial charge in [0.05, 0.1) is 12.7 Å². The van der Waals surface area contributed by atoms with E-state index in [0.717, 1.165) is 13.0 Å². The highest BCUT2D eigenvalue weighted by atomic mass is 16.5. The first-order valence-corrected chi connectivity index (χ1v) is 7.09. The molecule has 0 radical (unpaired) electrons. The average molecular weight is 299 g/mol. The van der Waals surface area contributed by atoms with Gasteiger partial charge in [-0.05, 0) is 18.6 Å². The van der Waals surface area contributed by atoms with Gasteiger partial charge >= 0.3 is 0 Å². The summed E-state index contributed by atoms with van der Waals surface area (Å²) < 4.78 is 5.23. The molecule has 1 aliphatic rings. The number of ether oxygens (including phenoxy) is 1. The van der Waals surface area contributed by atoms with E-state index in [-0.39, 0.29) is 11.9 Å². The van der Waals surface area contributed by atoms with Crippen molar-refractivity contribution in [3.63, 3.8) is 0 Å². The van der Waals surface area contributed by atoms with Crippen LogP contribution in [0.15, 0.2) is 36.9 Å². The van der Waals surface area contributed by atoms with Crippen molar-refractivity contribution in [1.29, 1.82) is 0 Å². The zero-order valence-electron chi connectivity index (χ0n) is 12.3. The van der Waals surface area contributed by atoms with E-state index in [4.69, 9.17) is 4.74 Å². The number of nitrogens with zero attached hydrogens (tertiary/aromatic N) is 4. The maximum atomic E-state index is 12.1. The van der Waals surface area contributed by atoms with Crippen LogP contribution in [0.2, 0.25) is 0 Å². The van der Waals surface area contributed by atoms with Crippen molar-refractivity contribution in [1.82, 2.24) is 20.3 Å². The fourth-order valence-electron chi connectivity index (χ4n) is 2.52. The van der Waals surface area contributed by atoms with Crippen molar-refractivity contribution in [2.24, 2.45) is 0 Å². The smallest absolute Gasteiger partial charge is 0.257 e. The number of rotatable bonds is 4. The van der Waals surface area contributed by atoms with Crippen LogP contribution in [0.5, 0.6) is 5.88 Å². The maximum absolute atomic E-state index is 12.1. The van der Waals surface area contributed by atoms with Crippen LogP contribution in [0.25, 0.3) is 0 Å². The molecule has 114 valence electrons. The highest BCUT2D eigenvalue weighted by Crippen LogP contribution is 2.25. The second-order valence-corrected chi connectivity index (χ2v) is 5.04. The molecule has 7 heteroatoms. The highest BCUT2D eigenvalue weighted by molar-refractivity contribution is 5.94. The van der Waals surface area contributed by atoms with Gasteiger partial charge in [-0.2, -0.15) is 0 Å². The summed E-state index contributed by atoms with van der Waals surface area (Å²) in [5.41, 5.74) is 0.568. The Morgan fingerprint density at radius 1 is 1.36 bits per heavy atom. The van der Waals surface area contributed by atoms with Gasteiger partial charge in [-0.3, -0.25) is 9.78 Å². The van der Waals surface area contributed by atoms with Crippen molar-refractivity contribution in [2.45, 2.75) is 12.5 Å². The van der Waals surface area contributed by atoms with Gasteiger partial charge in [-0.15, -0.1) is 0 Å². The lowest BCUT2D eigenvalue weighted by Crippen LogP contribution is -2.37. The molecule has 2 aromatic heterocycles. The third kappa shape index (κ3) is 2.98. The fourth-order valence-corrected chi connectivity index (χ4v) is 2.52. The Hall–Kier alpha value is -2.70. The first-order chi connectivity index (χ1) is 10.8.